The van der Waals surface area contributed by atoms with E-state index in [-0.39, 0.29) is 0 Å². The normalized spacial score (nSPS) is 11.2. The van der Waals surface area contributed by atoms with Crippen LogP contribution in [0.5, 0.6) is 5.75 Å². The number of sulfone groups is 1. The number of hydrogen-bond donors (Lipinski definition) is 1. The number of rotatable bonds is 4. The van der Waals surface area contributed by atoms with E-state index in [1.165, 1.54) is 6.07 Å². The molecule has 11 heteroatoms. The van der Waals surface area contributed by atoms with E-state index in [1.54, 1.807) is 0 Å². The highest BCUT2D eigenvalue weighted by Gasteiger charge is 2.31. The zero-order valence-electron chi connectivity index (χ0n) is 11.0. The van der Waals surface area contributed by atoms with E-state index >= 15 is 0 Å². The maximum absolute atomic E-state index is 12.6. The van der Waals surface area contributed by atoms with E-state index in [4.69, 9.17) is 0 Å². The van der Waals surface area contributed by atoms with Crippen molar-refractivity contribution >= 4 is 37.1 Å². The fourth-order valence-corrected chi connectivity index (χ4v) is 3.84. The van der Waals surface area contributed by atoms with Crippen LogP contribution in [-0.4, -0.2) is 23.4 Å². The SMILES string of the molecule is O=[N+]([O-])c1ccc(S(=O)(=O)c2cc(Br)ccc2O)c([N+](=O)[O-])c1. The molecule has 0 atom stereocenters. The molecule has 0 amide bonds. The first-order valence-corrected chi connectivity index (χ1v) is 8.08. The second kappa shape index (κ2) is 5.93. The molecule has 2 aromatic carbocycles. The van der Waals surface area contributed by atoms with Gasteiger partial charge in [0.2, 0.25) is 9.84 Å². The van der Waals surface area contributed by atoms with Crippen LogP contribution in [0.4, 0.5) is 11.4 Å². The Labute approximate surface area is 137 Å². The smallest absolute Gasteiger partial charge is 0.295 e. The van der Waals surface area contributed by atoms with Gasteiger partial charge in [-0.2, -0.15) is 0 Å². The molecule has 2 rings (SSSR count). The van der Waals surface area contributed by atoms with E-state index in [1.807, 2.05) is 0 Å². The molecule has 0 aromatic heterocycles. The maximum atomic E-state index is 12.6. The molecule has 0 saturated heterocycles. The molecular weight excluding hydrogens is 396 g/mol. The summed E-state index contributed by atoms with van der Waals surface area (Å²) in [5.41, 5.74) is -1.56. The van der Waals surface area contributed by atoms with Gasteiger partial charge in [-0.1, -0.05) is 15.9 Å². The second-order valence-corrected chi connectivity index (χ2v) is 7.08. The quantitative estimate of drug-likeness (QED) is 0.611. The number of phenolic OH excluding ortho intramolecular Hbond substituents is 1. The minimum Gasteiger partial charge on any atom is -0.507 e. The topological polar surface area (TPSA) is 141 Å². The highest BCUT2D eigenvalue weighted by Crippen LogP contribution is 2.36. The summed E-state index contributed by atoms with van der Waals surface area (Å²) < 4.78 is 25.4. The third-order valence-corrected chi connectivity index (χ3v) is 5.17. The predicted octanol–water partition coefficient (Wildman–Crippen LogP) is 2.80. The van der Waals surface area contributed by atoms with Gasteiger partial charge in [-0.25, -0.2) is 8.42 Å². The van der Waals surface area contributed by atoms with Gasteiger partial charge in [0.05, 0.1) is 15.9 Å². The minimum atomic E-state index is -4.45. The fraction of sp³-hybridized carbons (Fsp3) is 0. The van der Waals surface area contributed by atoms with Crippen molar-refractivity contribution in [1.29, 1.82) is 0 Å². The number of nitro groups is 2. The molecule has 1 N–H and O–H groups in total. The van der Waals surface area contributed by atoms with Crippen LogP contribution in [-0.2, 0) is 9.84 Å². The average Bonchev–Trinajstić information content (AvgIpc) is 2.48. The Kier molecular flexibility index (Phi) is 4.34. The number of nitrogens with zero attached hydrogens (tertiary/aromatic N) is 2. The zero-order chi connectivity index (χ0) is 17.4. The molecular formula is C12H7BrN2O7S. The highest BCUT2D eigenvalue weighted by atomic mass is 79.9. The molecule has 0 aliphatic heterocycles. The van der Waals surface area contributed by atoms with E-state index in [0.29, 0.717) is 10.5 Å². The van der Waals surface area contributed by atoms with Gasteiger partial charge >= 0.3 is 0 Å². The Morgan fingerprint density at radius 1 is 0.957 bits per heavy atom. The van der Waals surface area contributed by atoms with Crippen molar-refractivity contribution < 1.29 is 23.4 Å². The van der Waals surface area contributed by atoms with Crippen molar-refractivity contribution in [3.05, 3.63) is 61.1 Å². The Bertz CT molecular complexity index is 927. The van der Waals surface area contributed by atoms with E-state index in [9.17, 15) is 33.8 Å². The van der Waals surface area contributed by atoms with Crippen molar-refractivity contribution in [2.24, 2.45) is 0 Å². The molecule has 9 nitrogen and oxygen atoms in total. The van der Waals surface area contributed by atoms with Gasteiger partial charge in [0, 0.05) is 10.5 Å². The van der Waals surface area contributed by atoms with Gasteiger partial charge in [0.25, 0.3) is 11.4 Å². The summed E-state index contributed by atoms with van der Waals surface area (Å²) in [6, 6.07) is 5.74. The molecule has 23 heavy (non-hydrogen) atoms. The van der Waals surface area contributed by atoms with Gasteiger partial charge in [-0.05, 0) is 24.3 Å². The fourth-order valence-electron chi connectivity index (χ4n) is 1.81. The van der Waals surface area contributed by atoms with Gasteiger partial charge in [-0.3, -0.25) is 20.2 Å². The van der Waals surface area contributed by atoms with E-state index < -0.39 is 46.6 Å². The monoisotopic (exact) mass is 402 g/mol. The Morgan fingerprint density at radius 3 is 2.17 bits per heavy atom. The molecule has 0 unspecified atom stereocenters. The number of aromatic hydroxyl groups is 1. The number of phenols is 1. The Hall–Kier alpha value is -2.53. The minimum absolute atomic E-state index is 0.332. The average molecular weight is 403 g/mol. The van der Waals surface area contributed by atoms with Crippen molar-refractivity contribution in [3.8, 4) is 5.75 Å². The first-order valence-electron chi connectivity index (χ1n) is 5.81. The lowest BCUT2D eigenvalue weighted by Gasteiger charge is -2.08. The largest absolute Gasteiger partial charge is 0.507 e. The van der Waals surface area contributed by atoms with Crippen LogP contribution >= 0.6 is 15.9 Å². The number of benzene rings is 2. The lowest BCUT2D eigenvalue weighted by atomic mass is 10.3. The van der Waals surface area contributed by atoms with Gasteiger partial charge in [0.1, 0.15) is 15.5 Å². The predicted molar refractivity (Wildman–Crippen MR) is 81.0 cm³/mol. The molecule has 0 aliphatic rings. The standard InChI is InChI=1S/C12H7BrN2O7S/c13-7-1-3-10(16)12(5-7)23(21,22)11-4-2-8(14(17)18)6-9(11)15(19)20/h1-6,16H. The molecule has 0 aliphatic carbocycles. The summed E-state index contributed by atoms with van der Waals surface area (Å²) >= 11 is 3.04. The summed E-state index contributed by atoms with van der Waals surface area (Å²) in [6.45, 7) is 0. The molecule has 0 fully saturated rings. The third kappa shape index (κ3) is 3.14. The summed E-state index contributed by atoms with van der Waals surface area (Å²) in [4.78, 5) is 18.6. The number of non-ortho nitro benzene ring substituents is 1. The number of nitro benzene ring substituents is 2. The Balaban J connectivity index is 2.76. The number of halogens is 1. The summed E-state index contributed by atoms with van der Waals surface area (Å²) in [6.07, 6.45) is 0. The Morgan fingerprint density at radius 2 is 1.61 bits per heavy atom. The first kappa shape index (κ1) is 16.8. The van der Waals surface area contributed by atoms with E-state index in [2.05, 4.69) is 15.9 Å². The lowest BCUT2D eigenvalue weighted by Crippen LogP contribution is -2.07. The molecule has 0 spiro atoms. The van der Waals surface area contributed by atoms with Crippen molar-refractivity contribution in [2.45, 2.75) is 9.79 Å². The van der Waals surface area contributed by atoms with Crippen LogP contribution in [0.1, 0.15) is 0 Å². The summed E-state index contributed by atoms with van der Waals surface area (Å²) in [7, 11) is -4.45. The summed E-state index contributed by atoms with van der Waals surface area (Å²) in [5.74, 6) is -0.596. The van der Waals surface area contributed by atoms with Crippen LogP contribution in [0.15, 0.2) is 50.7 Å². The molecule has 120 valence electrons. The molecule has 0 heterocycles. The third-order valence-electron chi connectivity index (χ3n) is 2.85. The maximum Gasteiger partial charge on any atom is 0.295 e. The zero-order valence-corrected chi connectivity index (χ0v) is 13.4. The van der Waals surface area contributed by atoms with Gasteiger partial charge in [-0.15, -0.1) is 0 Å². The van der Waals surface area contributed by atoms with Crippen LogP contribution in [0, 0.1) is 20.2 Å². The molecule has 0 saturated carbocycles. The van der Waals surface area contributed by atoms with Crippen molar-refractivity contribution in [1.82, 2.24) is 0 Å². The van der Waals surface area contributed by atoms with Crippen LogP contribution in [0.3, 0.4) is 0 Å². The van der Waals surface area contributed by atoms with Crippen LogP contribution in [0.2, 0.25) is 0 Å². The van der Waals surface area contributed by atoms with Crippen LogP contribution < -0.4 is 0 Å². The first-order chi connectivity index (χ1) is 10.6. The lowest BCUT2D eigenvalue weighted by molar-refractivity contribution is -0.396. The molecule has 2 aromatic rings. The van der Waals surface area contributed by atoms with Crippen LogP contribution in [0.25, 0.3) is 0 Å². The van der Waals surface area contributed by atoms with Crippen molar-refractivity contribution in [2.75, 3.05) is 0 Å². The van der Waals surface area contributed by atoms with E-state index in [0.717, 1.165) is 24.3 Å². The van der Waals surface area contributed by atoms with Crippen molar-refractivity contribution in [3.63, 3.8) is 0 Å². The molecule has 0 bridgehead atoms. The molecule has 0 radical (unpaired) electrons. The van der Waals surface area contributed by atoms with Gasteiger partial charge < -0.3 is 5.11 Å². The number of hydrogen-bond acceptors (Lipinski definition) is 7. The van der Waals surface area contributed by atoms with Gasteiger partial charge in [0.15, 0.2) is 0 Å². The second-order valence-electron chi connectivity index (χ2n) is 4.28. The summed E-state index contributed by atoms with van der Waals surface area (Å²) in [5, 5.41) is 31.5. The highest BCUT2D eigenvalue weighted by molar-refractivity contribution is 9.10.